The number of amides is 1. The molecule has 5 heteroatoms. The minimum absolute atomic E-state index is 0.0385. The number of aromatic nitrogens is 2. The quantitative estimate of drug-likeness (QED) is 0.660. The monoisotopic (exact) mass is 182 g/mol. The minimum Gasteiger partial charge on any atom is -0.353 e. The molecule has 1 aromatic rings. The van der Waals surface area contributed by atoms with Crippen molar-refractivity contribution in [2.75, 3.05) is 13.1 Å². The number of nitrogens with two attached hydrogens (primary N) is 1. The fourth-order valence-corrected chi connectivity index (χ4v) is 0.977. The first-order valence-electron chi connectivity index (χ1n) is 4.21. The molecule has 0 spiro atoms. The van der Waals surface area contributed by atoms with Gasteiger partial charge in [-0.15, -0.1) is 0 Å². The van der Waals surface area contributed by atoms with E-state index in [1.165, 1.54) is 0 Å². The summed E-state index contributed by atoms with van der Waals surface area (Å²) in [5, 5.41) is 2.71. The molecule has 3 N–H and O–H groups in total. The van der Waals surface area contributed by atoms with Crippen LogP contribution >= 0.6 is 0 Å². The van der Waals surface area contributed by atoms with E-state index in [0.29, 0.717) is 13.1 Å². The van der Waals surface area contributed by atoms with Gasteiger partial charge >= 0.3 is 0 Å². The largest absolute Gasteiger partial charge is 0.353 e. The van der Waals surface area contributed by atoms with Crippen LogP contribution in [0, 0.1) is 0 Å². The van der Waals surface area contributed by atoms with Gasteiger partial charge in [-0.25, -0.2) is 4.98 Å². The average Bonchev–Trinajstić information content (AvgIpc) is 2.65. The first-order chi connectivity index (χ1) is 6.25. The highest BCUT2D eigenvalue weighted by molar-refractivity contribution is 5.79. The molecule has 5 nitrogen and oxygen atoms in total. The second-order valence-electron chi connectivity index (χ2n) is 2.77. The van der Waals surface area contributed by atoms with E-state index in [2.05, 4.69) is 10.3 Å². The summed E-state index contributed by atoms with van der Waals surface area (Å²) < 4.78 is 1.74. The lowest BCUT2D eigenvalue weighted by atomic mass is 10.3. The van der Waals surface area contributed by atoms with E-state index in [4.69, 9.17) is 5.73 Å². The van der Waals surface area contributed by atoms with Gasteiger partial charge in [0.2, 0.25) is 5.91 Å². The van der Waals surface area contributed by atoms with E-state index >= 15 is 0 Å². The number of rotatable bonds is 4. The Balaban J connectivity index is 2.48. The molecular formula is C8H14N4O. The third kappa shape index (κ3) is 2.55. The fourth-order valence-electron chi connectivity index (χ4n) is 0.977. The van der Waals surface area contributed by atoms with Gasteiger partial charge in [-0.2, -0.15) is 0 Å². The lowest BCUT2D eigenvalue weighted by Gasteiger charge is -2.12. The summed E-state index contributed by atoms with van der Waals surface area (Å²) in [6, 6.07) is -0.228. The van der Waals surface area contributed by atoms with Crippen molar-refractivity contribution in [3.63, 3.8) is 0 Å². The molecule has 0 aliphatic heterocycles. The van der Waals surface area contributed by atoms with Gasteiger partial charge in [0.05, 0.1) is 6.33 Å². The Kier molecular flexibility index (Phi) is 3.45. The van der Waals surface area contributed by atoms with Crippen molar-refractivity contribution in [3.8, 4) is 0 Å². The summed E-state index contributed by atoms with van der Waals surface area (Å²) in [5.41, 5.74) is 5.26. The van der Waals surface area contributed by atoms with Gasteiger partial charge < -0.3 is 15.6 Å². The zero-order valence-electron chi connectivity index (χ0n) is 7.60. The van der Waals surface area contributed by atoms with E-state index in [1.807, 2.05) is 6.92 Å². The van der Waals surface area contributed by atoms with Crippen LogP contribution in [0.1, 0.15) is 13.0 Å². The van der Waals surface area contributed by atoms with Crippen LogP contribution in [0.15, 0.2) is 18.7 Å². The topological polar surface area (TPSA) is 72.9 Å². The molecule has 0 bridgehead atoms. The van der Waals surface area contributed by atoms with Crippen LogP contribution in [0.5, 0.6) is 0 Å². The summed E-state index contributed by atoms with van der Waals surface area (Å²) >= 11 is 0. The third-order valence-corrected chi connectivity index (χ3v) is 1.80. The Morgan fingerprint density at radius 1 is 1.77 bits per heavy atom. The molecule has 0 aliphatic carbocycles. The van der Waals surface area contributed by atoms with Crippen LogP contribution in [-0.4, -0.2) is 28.5 Å². The van der Waals surface area contributed by atoms with E-state index in [9.17, 15) is 4.79 Å². The summed E-state index contributed by atoms with van der Waals surface area (Å²) in [6.45, 7) is 2.79. The highest BCUT2D eigenvalue weighted by Crippen LogP contribution is 2.03. The molecule has 1 heterocycles. The first kappa shape index (κ1) is 9.73. The van der Waals surface area contributed by atoms with Gasteiger partial charge in [0.25, 0.3) is 0 Å². The van der Waals surface area contributed by atoms with Gasteiger partial charge in [0.15, 0.2) is 0 Å². The maximum Gasteiger partial charge on any atom is 0.242 e. The van der Waals surface area contributed by atoms with Crippen LogP contribution in [0.4, 0.5) is 0 Å². The van der Waals surface area contributed by atoms with Crippen LogP contribution in [0.25, 0.3) is 0 Å². The molecule has 0 saturated heterocycles. The van der Waals surface area contributed by atoms with Gasteiger partial charge in [-0.05, 0) is 6.92 Å². The number of nitrogens with zero attached hydrogens (tertiary/aromatic N) is 2. The number of carbonyl (C=O) groups is 1. The summed E-state index contributed by atoms with van der Waals surface area (Å²) in [6.07, 6.45) is 5.02. The molecule has 0 aromatic carbocycles. The normalized spacial score (nSPS) is 12.5. The Morgan fingerprint density at radius 3 is 3.08 bits per heavy atom. The van der Waals surface area contributed by atoms with Crippen molar-refractivity contribution in [3.05, 3.63) is 18.7 Å². The molecule has 1 rings (SSSR count). The number of hydrogen-bond acceptors (Lipinski definition) is 3. The maximum absolute atomic E-state index is 11.4. The molecule has 1 amide bonds. The average molecular weight is 182 g/mol. The molecule has 72 valence electrons. The molecule has 0 radical (unpaired) electrons. The number of carbonyl (C=O) groups excluding carboxylic acids is 1. The lowest BCUT2D eigenvalue weighted by molar-refractivity contribution is -0.123. The van der Waals surface area contributed by atoms with Gasteiger partial charge in [0, 0.05) is 25.5 Å². The van der Waals surface area contributed by atoms with E-state index < -0.39 is 0 Å². The smallest absolute Gasteiger partial charge is 0.242 e. The molecular weight excluding hydrogens is 168 g/mol. The Labute approximate surface area is 76.9 Å². The van der Waals surface area contributed by atoms with Crippen molar-refractivity contribution >= 4 is 5.91 Å². The van der Waals surface area contributed by atoms with Gasteiger partial charge in [-0.1, -0.05) is 0 Å². The second kappa shape index (κ2) is 4.61. The summed E-state index contributed by atoms with van der Waals surface area (Å²) in [7, 11) is 0. The Hall–Kier alpha value is -1.36. The number of nitrogens with one attached hydrogen (secondary N) is 1. The molecule has 1 atom stereocenters. The fraction of sp³-hybridized carbons (Fsp3) is 0.500. The lowest BCUT2D eigenvalue weighted by Crippen LogP contribution is -2.34. The predicted molar refractivity (Wildman–Crippen MR) is 49.0 cm³/mol. The molecule has 0 aliphatic rings. The van der Waals surface area contributed by atoms with Crippen LogP contribution in [-0.2, 0) is 4.79 Å². The molecule has 0 fully saturated rings. The Bertz CT molecular complexity index is 257. The number of imidazole rings is 1. The highest BCUT2D eigenvalue weighted by atomic mass is 16.2. The highest BCUT2D eigenvalue weighted by Gasteiger charge is 2.12. The van der Waals surface area contributed by atoms with Crippen LogP contribution in [0.3, 0.4) is 0 Å². The SMILES string of the molecule is C[C@@H](C(=O)NCCN)n1ccnc1. The van der Waals surface area contributed by atoms with Crippen molar-refractivity contribution in [2.45, 2.75) is 13.0 Å². The molecule has 0 saturated carbocycles. The van der Waals surface area contributed by atoms with Crippen molar-refractivity contribution < 1.29 is 4.79 Å². The predicted octanol–water partition coefficient (Wildman–Crippen LogP) is -0.481. The zero-order valence-corrected chi connectivity index (χ0v) is 7.60. The zero-order chi connectivity index (χ0) is 9.68. The van der Waals surface area contributed by atoms with Crippen molar-refractivity contribution in [1.29, 1.82) is 0 Å². The summed E-state index contributed by atoms with van der Waals surface area (Å²) in [4.78, 5) is 15.2. The van der Waals surface area contributed by atoms with E-state index in [1.54, 1.807) is 23.3 Å². The molecule has 0 unspecified atom stereocenters. The molecule has 1 aromatic heterocycles. The van der Waals surface area contributed by atoms with Crippen LogP contribution in [0.2, 0.25) is 0 Å². The first-order valence-corrected chi connectivity index (χ1v) is 4.21. The van der Waals surface area contributed by atoms with E-state index in [0.717, 1.165) is 0 Å². The van der Waals surface area contributed by atoms with Crippen LogP contribution < -0.4 is 11.1 Å². The minimum atomic E-state index is -0.228. The Morgan fingerprint density at radius 2 is 2.54 bits per heavy atom. The number of hydrogen-bond donors (Lipinski definition) is 2. The second-order valence-corrected chi connectivity index (χ2v) is 2.77. The van der Waals surface area contributed by atoms with Gasteiger partial charge in [0.1, 0.15) is 6.04 Å². The summed E-state index contributed by atoms with van der Waals surface area (Å²) in [5.74, 6) is -0.0385. The third-order valence-electron chi connectivity index (χ3n) is 1.80. The molecule has 13 heavy (non-hydrogen) atoms. The van der Waals surface area contributed by atoms with Crippen molar-refractivity contribution in [2.24, 2.45) is 5.73 Å². The standard InChI is InChI=1S/C8H14N4O/c1-7(8(13)11-3-2-9)12-5-4-10-6-12/h4-7H,2-3,9H2,1H3,(H,11,13)/t7-/m0/s1. The van der Waals surface area contributed by atoms with Gasteiger partial charge in [-0.3, -0.25) is 4.79 Å². The van der Waals surface area contributed by atoms with E-state index in [-0.39, 0.29) is 11.9 Å². The maximum atomic E-state index is 11.4. The van der Waals surface area contributed by atoms with Crippen molar-refractivity contribution in [1.82, 2.24) is 14.9 Å².